The Morgan fingerprint density at radius 3 is 2.18 bits per heavy atom. The molecule has 2 atom stereocenters. The van der Waals surface area contributed by atoms with Gasteiger partial charge in [-0.3, -0.25) is 24.1 Å². The minimum atomic E-state index is -0.503. The van der Waals surface area contributed by atoms with Crippen LogP contribution in [0.25, 0.3) is 10.8 Å². The first-order chi connectivity index (χ1) is 18.4. The fraction of sp³-hybridized carbons (Fsp3) is 0.333. The van der Waals surface area contributed by atoms with Gasteiger partial charge in [0.15, 0.2) is 5.12 Å². The quantitative estimate of drug-likeness (QED) is 0.293. The standard InChI is InChI=1S/C30H32N2O4S2/c1-3-4-16-26(38-20(2)33)28(34)31-23(19-37-18-21-10-6-5-7-11-21)17-32-29(35)24-14-8-12-22-13-9-15-25(27(22)24)30(32)36/h5-15,23,26H,3-4,16-19H2,1-2H3,(H,31,34). The van der Waals surface area contributed by atoms with E-state index in [1.54, 1.807) is 23.9 Å². The number of hydrogen-bond acceptors (Lipinski definition) is 6. The van der Waals surface area contributed by atoms with Gasteiger partial charge in [-0.25, -0.2) is 0 Å². The molecule has 0 bridgehead atoms. The molecule has 1 aliphatic heterocycles. The SMILES string of the molecule is CCCCC(SC(C)=O)C(=O)NC(CSCc1ccccc1)CN1C(=O)c2cccc3cccc(c23)C1=O. The molecule has 198 valence electrons. The van der Waals surface area contributed by atoms with Gasteiger partial charge < -0.3 is 5.32 Å². The highest BCUT2D eigenvalue weighted by molar-refractivity contribution is 8.14. The summed E-state index contributed by atoms with van der Waals surface area (Å²) in [6.07, 6.45) is 2.34. The number of benzene rings is 3. The molecule has 3 aromatic carbocycles. The van der Waals surface area contributed by atoms with Gasteiger partial charge in [-0.15, -0.1) is 0 Å². The van der Waals surface area contributed by atoms with Gasteiger partial charge in [-0.2, -0.15) is 11.8 Å². The zero-order valence-electron chi connectivity index (χ0n) is 21.6. The molecule has 2 unspecified atom stereocenters. The highest BCUT2D eigenvalue weighted by Crippen LogP contribution is 2.30. The number of nitrogens with zero attached hydrogens (tertiary/aromatic N) is 1. The topological polar surface area (TPSA) is 83.6 Å². The summed E-state index contributed by atoms with van der Waals surface area (Å²) in [6.45, 7) is 3.57. The van der Waals surface area contributed by atoms with Crippen LogP contribution in [0.4, 0.5) is 0 Å². The predicted molar refractivity (Wildman–Crippen MR) is 155 cm³/mol. The molecular weight excluding hydrogens is 516 g/mol. The number of thioether (sulfide) groups is 2. The molecule has 1 aliphatic rings. The summed E-state index contributed by atoms with van der Waals surface area (Å²) >= 11 is 2.67. The molecular formula is C30H32N2O4S2. The summed E-state index contributed by atoms with van der Waals surface area (Å²) < 4.78 is 0. The highest BCUT2D eigenvalue weighted by atomic mass is 32.2. The van der Waals surface area contributed by atoms with Gasteiger partial charge in [0.2, 0.25) is 5.91 Å². The largest absolute Gasteiger partial charge is 0.350 e. The minimum Gasteiger partial charge on any atom is -0.350 e. The van der Waals surface area contributed by atoms with Gasteiger partial charge in [0, 0.05) is 34.9 Å². The van der Waals surface area contributed by atoms with Crippen LogP contribution in [-0.2, 0) is 15.3 Å². The third kappa shape index (κ3) is 6.66. The number of carbonyl (C=O) groups is 4. The highest BCUT2D eigenvalue weighted by Gasteiger charge is 2.35. The van der Waals surface area contributed by atoms with Crippen molar-refractivity contribution in [1.29, 1.82) is 0 Å². The lowest BCUT2D eigenvalue weighted by molar-refractivity contribution is -0.121. The molecule has 4 rings (SSSR count). The molecule has 3 amide bonds. The monoisotopic (exact) mass is 548 g/mol. The van der Waals surface area contributed by atoms with Crippen LogP contribution in [0.1, 0.15) is 59.4 Å². The van der Waals surface area contributed by atoms with E-state index in [1.807, 2.05) is 61.5 Å². The number of hydrogen-bond donors (Lipinski definition) is 1. The number of rotatable bonds is 12. The van der Waals surface area contributed by atoms with Crippen molar-refractivity contribution < 1.29 is 19.2 Å². The van der Waals surface area contributed by atoms with Crippen molar-refractivity contribution in [2.75, 3.05) is 12.3 Å². The normalized spacial score (nSPS) is 14.4. The zero-order chi connectivity index (χ0) is 27.1. The molecule has 8 heteroatoms. The number of imide groups is 1. The van der Waals surface area contributed by atoms with E-state index in [9.17, 15) is 19.2 Å². The number of nitrogens with one attached hydrogen (secondary N) is 1. The van der Waals surface area contributed by atoms with Gasteiger partial charge in [0.25, 0.3) is 11.8 Å². The van der Waals surface area contributed by atoms with Crippen molar-refractivity contribution in [3.63, 3.8) is 0 Å². The smallest absolute Gasteiger partial charge is 0.261 e. The molecule has 6 nitrogen and oxygen atoms in total. The molecule has 0 fully saturated rings. The summed E-state index contributed by atoms with van der Waals surface area (Å²) in [6, 6.07) is 20.5. The lowest BCUT2D eigenvalue weighted by atomic mass is 9.94. The van der Waals surface area contributed by atoms with E-state index in [4.69, 9.17) is 0 Å². The van der Waals surface area contributed by atoms with E-state index in [1.165, 1.54) is 11.8 Å². The predicted octanol–water partition coefficient (Wildman–Crippen LogP) is 5.69. The fourth-order valence-corrected chi connectivity index (χ4v) is 6.51. The Labute approximate surface area is 231 Å². The second-order valence-electron chi connectivity index (χ2n) is 9.38. The Balaban J connectivity index is 1.55. The maximum absolute atomic E-state index is 13.5. The lowest BCUT2D eigenvalue weighted by Crippen LogP contribution is -2.52. The Hall–Kier alpha value is -3.10. The minimum absolute atomic E-state index is 0.0567. The van der Waals surface area contributed by atoms with Gasteiger partial charge in [0.05, 0.1) is 17.8 Å². The van der Waals surface area contributed by atoms with Gasteiger partial charge in [-0.05, 0) is 29.5 Å². The van der Waals surface area contributed by atoms with Crippen molar-refractivity contribution in [2.24, 2.45) is 0 Å². The van der Waals surface area contributed by atoms with Crippen molar-refractivity contribution in [2.45, 2.75) is 50.2 Å². The van der Waals surface area contributed by atoms with E-state index in [2.05, 4.69) is 5.32 Å². The Morgan fingerprint density at radius 1 is 0.921 bits per heavy atom. The average Bonchev–Trinajstić information content (AvgIpc) is 2.92. The van der Waals surface area contributed by atoms with Crippen LogP contribution in [0.2, 0.25) is 0 Å². The summed E-state index contributed by atoms with van der Waals surface area (Å²) in [5, 5.41) is 3.99. The van der Waals surface area contributed by atoms with E-state index in [0.717, 1.165) is 41.3 Å². The molecule has 0 saturated carbocycles. The molecule has 0 saturated heterocycles. The van der Waals surface area contributed by atoms with Crippen LogP contribution in [0.15, 0.2) is 66.7 Å². The maximum atomic E-state index is 13.5. The summed E-state index contributed by atoms with van der Waals surface area (Å²) in [5.74, 6) is 0.302. The van der Waals surface area contributed by atoms with Gasteiger partial charge >= 0.3 is 0 Å². The van der Waals surface area contributed by atoms with Crippen LogP contribution < -0.4 is 5.32 Å². The van der Waals surface area contributed by atoms with Crippen LogP contribution in [0, 0.1) is 0 Å². The summed E-state index contributed by atoms with van der Waals surface area (Å²) in [5.41, 5.74) is 2.14. The van der Waals surface area contributed by atoms with Crippen molar-refractivity contribution in [3.05, 3.63) is 83.4 Å². The van der Waals surface area contributed by atoms with Crippen molar-refractivity contribution >= 4 is 57.1 Å². The number of carbonyl (C=O) groups excluding carboxylic acids is 4. The van der Waals surface area contributed by atoms with Gasteiger partial charge in [-0.1, -0.05) is 86.1 Å². The molecule has 38 heavy (non-hydrogen) atoms. The second kappa shape index (κ2) is 13.1. The summed E-state index contributed by atoms with van der Waals surface area (Å²) in [7, 11) is 0. The molecule has 0 radical (unpaired) electrons. The first-order valence-electron chi connectivity index (χ1n) is 12.9. The van der Waals surface area contributed by atoms with Crippen LogP contribution in [0.3, 0.4) is 0 Å². The van der Waals surface area contributed by atoms with Crippen LogP contribution >= 0.6 is 23.5 Å². The lowest BCUT2D eigenvalue weighted by Gasteiger charge is -2.31. The van der Waals surface area contributed by atoms with E-state index >= 15 is 0 Å². The Morgan fingerprint density at radius 2 is 1.58 bits per heavy atom. The third-order valence-corrected chi connectivity index (χ3v) is 8.70. The molecule has 0 aliphatic carbocycles. The van der Waals surface area contributed by atoms with E-state index in [0.29, 0.717) is 28.7 Å². The van der Waals surface area contributed by atoms with Gasteiger partial charge in [0.1, 0.15) is 0 Å². The maximum Gasteiger partial charge on any atom is 0.261 e. The fourth-order valence-electron chi connectivity index (χ4n) is 4.63. The van der Waals surface area contributed by atoms with Crippen molar-refractivity contribution in [3.8, 4) is 0 Å². The first-order valence-corrected chi connectivity index (χ1v) is 14.9. The Kier molecular flexibility index (Phi) is 9.63. The van der Waals surface area contributed by atoms with Crippen molar-refractivity contribution in [1.82, 2.24) is 10.2 Å². The molecule has 1 N–H and O–H groups in total. The summed E-state index contributed by atoms with van der Waals surface area (Å²) in [4.78, 5) is 53.4. The zero-order valence-corrected chi connectivity index (χ0v) is 23.3. The molecule has 1 heterocycles. The molecule has 0 spiro atoms. The van der Waals surface area contributed by atoms with E-state index in [-0.39, 0.29) is 29.4 Å². The number of unbranched alkanes of at least 4 members (excludes halogenated alkanes) is 1. The Bertz CT molecular complexity index is 1280. The number of amides is 3. The van der Waals surface area contributed by atoms with Crippen LogP contribution in [-0.4, -0.2) is 51.3 Å². The average molecular weight is 549 g/mol. The molecule has 0 aromatic heterocycles. The first kappa shape index (κ1) is 27.9. The van der Waals surface area contributed by atoms with Crippen LogP contribution in [0.5, 0.6) is 0 Å². The molecule has 3 aromatic rings. The van der Waals surface area contributed by atoms with E-state index < -0.39 is 11.3 Å². The third-order valence-electron chi connectivity index (χ3n) is 6.46. The second-order valence-corrected chi connectivity index (χ2v) is 11.8.